The molecule has 0 saturated carbocycles. The first kappa shape index (κ1) is 21.5. The summed E-state index contributed by atoms with van der Waals surface area (Å²) in [5, 5.41) is 7.70. The number of hydrogen-bond acceptors (Lipinski definition) is 2. The Morgan fingerprint density at radius 3 is 2.29 bits per heavy atom. The average Bonchev–Trinajstić information content (AvgIpc) is 2.88. The van der Waals surface area contributed by atoms with E-state index in [0.717, 1.165) is 22.5 Å². The SMILES string of the molecule is C=C\C=N/C(=C(/C=C\C)CC=C)c1ccc(-c2ccc3ccc4cccc5ccc2c3c45)cn1. The molecule has 0 amide bonds. The molecule has 34 heavy (non-hydrogen) atoms. The van der Waals surface area contributed by atoms with E-state index < -0.39 is 0 Å². The van der Waals surface area contributed by atoms with Crippen molar-refractivity contribution in [2.45, 2.75) is 13.3 Å². The minimum Gasteiger partial charge on any atom is -0.254 e. The smallest absolute Gasteiger partial charge is 0.0921 e. The third-order valence-corrected chi connectivity index (χ3v) is 6.19. The van der Waals surface area contributed by atoms with Crippen molar-refractivity contribution in [2.24, 2.45) is 4.99 Å². The van der Waals surface area contributed by atoms with E-state index in [0.29, 0.717) is 6.42 Å². The Morgan fingerprint density at radius 2 is 1.62 bits per heavy atom. The fourth-order valence-corrected chi connectivity index (χ4v) is 4.72. The molecule has 4 aromatic carbocycles. The molecule has 5 rings (SSSR count). The number of benzene rings is 4. The lowest BCUT2D eigenvalue weighted by Gasteiger charge is -2.14. The summed E-state index contributed by atoms with van der Waals surface area (Å²) in [6.07, 6.45) is 12.0. The predicted molar refractivity (Wildman–Crippen MR) is 149 cm³/mol. The predicted octanol–water partition coefficient (Wildman–Crippen LogP) is 8.77. The topological polar surface area (TPSA) is 25.2 Å². The van der Waals surface area contributed by atoms with Crippen LogP contribution in [0.5, 0.6) is 0 Å². The van der Waals surface area contributed by atoms with Crippen LogP contribution in [-0.4, -0.2) is 11.2 Å². The lowest BCUT2D eigenvalue weighted by Crippen LogP contribution is -1.93. The van der Waals surface area contributed by atoms with Crippen molar-refractivity contribution < 1.29 is 0 Å². The molecule has 0 aliphatic rings. The van der Waals surface area contributed by atoms with Crippen LogP contribution in [0.3, 0.4) is 0 Å². The first-order chi connectivity index (χ1) is 16.7. The summed E-state index contributed by atoms with van der Waals surface area (Å²) in [5.74, 6) is 0. The van der Waals surface area contributed by atoms with E-state index in [1.54, 1.807) is 12.3 Å². The second-order valence-corrected chi connectivity index (χ2v) is 8.28. The van der Waals surface area contributed by atoms with Gasteiger partial charge in [0.25, 0.3) is 0 Å². The number of nitrogens with zero attached hydrogens (tertiary/aromatic N) is 2. The fourth-order valence-electron chi connectivity index (χ4n) is 4.72. The van der Waals surface area contributed by atoms with E-state index in [1.165, 1.54) is 37.9 Å². The van der Waals surface area contributed by atoms with Crippen molar-refractivity contribution in [1.82, 2.24) is 4.98 Å². The summed E-state index contributed by atoms with van der Waals surface area (Å²) >= 11 is 0. The van der Waals surface area contributed by atoms with Gasteiger partial charge in [-0.15, -0.1) is 6.58 Å². The van der Waals surface area contributed by atoms with Gasteiger partial charge in [-0.2, -0.15) is 0 Å². The van der Waals surface area contributed by atoms with E-state index in [9.17, 15) is 0 Å². The van der Waals surface area contributed by atoms with Crippen LogP contribution in [0.4, 0.5) is 0 Å². The maximum atomic E-state index is 4.83. The monoisotopic (exact) mass is 438 g/mol. The maximum Gasteiger partial charge on any atom is 0.0921 e. The molecule has 0 N–H and O–H groups in total. The highest BCUT2D eigenvalue weighted by Gasteiger charge is 2.13. The van der Waals surface area contributed by atoms with Gasteiger partial charge in [0.2, 0.25) is 0 Å². The highest BCUT2D eigenvalue weighted by atomic mass is 14.8. The van der Waals surface area contributed by atoms with Gasteiger partial charge >= 0.3 is 0 Å². The van der Waals surface area contributed by atoms with Crippen molar-refractivity contribution in [3.63, 3.8) is 0 Å². The molecule has 0 unspecified atom stereocenters. The van der Waals surface area contributed by atoms with Gasteiger partial charge in [-0.25, -0.2) is 0 Å². The second kappa shape index (κ2) is 9.29. The number of rotatable bonds is 7. The number of aliphatic imine (C=N–C) groups is 1. The van der Waals surface area contributed by atoms with Gasteiger partial charge in [0, 0.05) is 18.0 Å². The van der Waals surface area contributed by atoms with Crippen molar-refractivity contribution in [1.29, 1.82) is 0 Å². The molecule has 0 aliphatic heterocycles. The summed E-state index contributed by atoms with van der Waals surface area (Å²) in [4.78, 5) is 9.46. The number of allylic oxidation sites excluding steroid dienone is 5. The molecule has 0 bridgehead atoms. The average molecular weight is 439 g/mol. The van der Waals surface area contributed by atoms with Gasteiger partial charge in [0.15, 0.2) is 0 Å². The maximum absolute atomic E-state index is 4.83. The Balaban J connectivity index is 1.66. The van der Waals surface area contributed by atoms with E-state index >= 15 is 0 Å². The highest BCUT2D eigenvalue weighted by Crippen LogP contribution is 2.39. The molecule has 0 atom stereocenters. The van der Waals surface area contributed by atoms with E-state index in [-0.39, 0.29) is 0 Å². The molecule has 1 aromatic heterocycles. The molecule has 164 valence electrons. The van der Waals surface area contributed by atoms with Gasteiger partial charge in [-0.3, -0.25) is 9.98 Å². The largest absolute Gasteiger partial charge is 0.254 e. The zero-order valence-electron chi connectivity index (χ0n) is 19.3. The Kier molecular flexibility index (Phi) is 5.88. The lowest BCUT2D eigenvalue weighted by atomic mass is 9.90. The highest BCUT2D eigenvalue weighted by molar-refractivity contribution is 6.25. The van der Waals surface area contributed by atoms with Crippen molar-refractivity contribution in [3.05, 3.63) is 122 Å². The molecule has 5 aromatic rings. The number of pyridine rings is 1. The molecule has 0 fully saturated rings. The van der Waals surface area contributed by atoms with Crippen LogP contribution in [-0.2, 0) is 0 Å². The lowest BCUT2D eigenvalue weighted by molar-refractivity contribution is 1.21. The summed E-state index contributed by atoms with van der Waals surface area (Å²) in [7, 11) is 0. The van der Waals surface area contributed by atoms with Crippen LogP contribution < -0.4 is 0 Å². The zero-order chi connectivity index (χ0) is 23.5. The zero-order valence-corrected chi connectivity index (χ0v) is 19.3. The number of aromatic nitrogens is 1. The standard InChI is InChI=1S/C32H26N2/c1-4-8-25(9-5-2)32(33-20-6-3)29-19-16-26(21-34-29)27-17-14-24-13-12-22-10-7-11-23-15-18-28(27)31(24)30(22)23/h4-7,9-21H,1,3,8H2,2H3/b9-5-,32-25+,33-20-. The normalized spacial score (nSPS) is 12.9. The Bertz CT molecular complexity index is 1580. The summed E-state index contributed by atoms with van der Waals surface area (Å²) < 4.78 is 0. The van der Waals surface area contributed by atoms with Gasteiger partial charge in [-0.1, -0.05) is 91.5 Å². The quantitative estimate of drug-likeness (QED) is 0.108. The van der Waals surface area contributed by atoms with Gasteiger partial charge in [0.05, 0.1) is 11.4 Å². The number of hydrogen-bond donors (Lipinski definition) is 0. The molecule has 0 aliphatic carbocycles. The van der Waals surface area contributed by atoms with Crippen molar-refractivity contribution >= 4 is 44.2 Å². The van der Waals surface area contributed by atoms with E-state index in [1.807, 2.05) is 25.3 Å². The summed E-state index contributed by atoms with van der Waals surface area (Å²) in [5.41, 5.74) is 5.00. The van der Waals surface area contributed by atoms with Gasteiger partial charge in [-0.05, 0) is 62.9 Å². The first-order valence-electron chi connectivity index (χ1n) is 11.5. The van der Waals surface area contributed by atoms with Crippen LogP contribution in [0.1, 0.15) is 19.0 Å². The first-order valence-corrected chi connectivity index (χ1v) is 11.5. The summed E-state index contributed by atoms with van der Waals surface area (Å²) in [6, 6.07) is 24.0. The second-order valence-electron chi connectivity index (χ2n) is 8.28. The Labute approximate surface area is 200 Å². The van der Waals surface area contributed by atoms with Crippen molar-refractivity contribution in [2.75, 3.05) is 0 Å². The fraction of sp³-hybridized carbons (Fsp3) is 0.0625. The Morgan fingerprint density at radius 1 is 0.882 bits per heavy atom. The van der Waals surface area contributed by atoms with Gasteiger partial charge in [0.1, 0.15) is 0 Å². The van der Waals surface area contributed by atoms with Crippen LogP contribution in [0.15, 0.2) is 121 Å². The molecule has 0 radical (unpaired) electrons. The Hall–Kier alpha value is -4.30. The minimum absolute atomic E-state index is 0.715. The molecule has 1 heterocycles. The molecule has 0 spiro atoms. The molecule has 2 nitrogen and oxygen atoms in total. The summed E-state index contributed by atoms with van der Waals surface area (Å²) in [6.45, 7) is 9.66. The van der Waals surface area contributed by atoms with Crippen LogP contribution in [0.2, 0.25) is 0 Å². The van der Waals surface area contributed by atoms with Gasteiger partial charge < -0.3 is 0 Å². The molecule has 2 heteroatoms. The van der Waals surface area contributed by atoms with Crippen LogP contribution >= 0.6 is 0 Å². The van der Waals surface area contributed by atoms with Crippen molar-refractivity contribution in [3.8, 4) is 11.1 Å². The van der Waals surface area contributed by atoms with E-state index in [2.05, 4.69) is 91.0 Å². The third kappa shape index (κ3) is 3.74. The van der Waals surface area contributed by atoms with Crippen LogP contribution in [0, 0.1) is 0 Å². The van der Waals surface area contributed by atoms with E-state index in [4.69, 9.17) is 4.98 Å². The molecular formula is C32H26N2. The molecule has 0 saturated heterocycles. The minimum atomic E-state index is 0.715. The molecular weight excluding hydrogens is 412 g/mol. The van der Waals surface area contributed by atoms with Crippen LogP contribution in [0.25, 0.3) is 49.1 Å². The third-order valence-electron chi connectivity index (χ3n) is 6.19.